The number of nitrogens with zero attached hydrogens (tertiary/aromatic N) is 2. The van der Waals surface area contributed by atoms with E-state index in [4.69, 9.17) is 0 Å². The van der Waals surface area contributed by atoms with Gasteiger partial charge < -0.3 is 9.47 Å². The van der Waals surface area contributed by atoms with E-state index in [-0.39, 0.29) is 0 Å². The maximum atomic E-state index is 2.42. The Kier molecular flexibility index (Phi) is 10.2. The lowest BCUT2D eigenvalue weighted by Gasteiger charge is -2.27. The highest BCUT2D eigenvalue weighted by molar-refractivity contribution is 6.23. The molecule has 0 amide bonds. The SMILES string of the molecule is c1ccc(-c2ccccc2-c2ccc(N(c3ccc(-c4ccc(-c5cccc6ccccc56)cc4)cc3)c3cccc(-c4c5ccccc5cc5c4c4ccccc4n5-c4ccccc4)c3)cc2)cc1. The number of aromatic nitrogens is 1. The van der Waals surface area contributed by atoms with Crippen LogP contribution in [-0.4, -0.2) is 4.57 Å². The molecule has 12 aromatic carbocycles. The summed E-state index contributed by atoms with van der Waals surface area (Å²) in [6.07, 6.45) is 0. The zero-order valence-corrected chi connectivity index (χ0v) is 38.5. The van der Waals surface area contributed by atoms with Crippen molar-refractivity contribution in [1.82, 2.24) is 4.57 Å². The van der Waals surface area contributed by atoms with Crippen LogP contribution in [0.1, 0.15) is 0 Å². The molecule has 0 spiro atoms. The first-order chi connectivity index (χ1) is 34.7. The highest BCUT2D eigenvalue weighted by Gasteiger charge is 2.21. The van der Waals surface area contributed by atoms with Gasteiger partial charge >= 0.3 is 0 Å². The third-order valence-electron chi connectivity index (χ3n) is 14.0. The standard InChI is InChI=1S/C68H46N2/c1-3-17-49(18-4-1)59-27-11-12-28-61(59)52-39-43-57(44-40-52)69(56-41-37-48(38-42-56)47-33-35-51(36-34-47)62-31-16-21-50-19-7-9-26-60(50)62)58-25-15-22-54(45-58)67-63-29-10-8-20-53(63)46-66-68(67)64-30-13-14-32-65(64)70(66)55-23-5-2-6-24-55/h1-46H. The van der Waals surface area contributed by atoms with Gasteiger partial charge in [-0.25, -0.2) is 0 Å². The van der Waals surface area contributed by atoms with E-state index in [0.29, 0.717) is 0 Å². The minimum atomic E-state index is 1.08. The van der Waals surface area contributed by atoms with Gasteiger partial charge in [0.1, 0.15) is 0 Å². The van der Waals surface area contributed by atoms with Crippen molar-refractivity contribution in [1.29, 1.82) is 0 Å². The summed E-state index contributed by atoms with van der Waals surface area (Å²) < 4.78 is 2.42. The fourth-order valence-electron chi connectivity index (χ4n) is 10.7. The molecule has 0 N–H and O–H groups in total. The van der Waals surface area contributed by atoms with Crippen LogP contribution in [0.4, 0.5) is 17.1 Å². The predicted octanol–water partition coefficient (Wildman–Crippen LogP) is 18.9. The minimum absolute atomic E-state index is 1.08. The molecule has 0 saturated heterocycles. The molecule has 0 saturated carbocycles. The Morgan fingerprint density at radius 1 is 0.257 bits per heavy atom. The van der Waals surface area contributed by atoms with Gasteiger partial charge in [0, 0.05) is 33.5 Å². The molecule has 1 heterocycles. The number of anilines is 3. The van der Waals surface area contributed by atoms with Crippen LogP contribution in [0.5, 0.6) is 0 Å². The molecular formula is C68H46N2. The van der Waals surface area contributed by atoms with Gasteiger partial charge in [0.15, 0.2) is 0 Å². The third kappa shape index (κ3) is 7.22. The third-order valence-corrected chi connectivity index (χ3v) is 14.0. The number of fused-ring (bicyclic) bond motifs is 5. The molecule has 1 aromatic heterocycles. The summed E-state index contributed by atoms with van der Waals surface area (Å²) in [5.41, 5.74) is 18.8. The Morgan fingerprint density at radius 2 is 0.729 bits per heavy atom. The number of benzene rings is 12. The van der Waals surface area contributed by atoms with Crippen molar-refractivity contribution < 1.29 is 0 Å². The first kappa shape index (κ1) is 41.0. The molecule has 328 valence electrons. The molecule has 0 bridgehead atoms. The lowest BCUT2D eigenvalue weighted by Crippen LogP contribution is -2.10. The van der Waals surface area contributed by atoms with Crippen LogP contribution in [0.25, 0.3) is 105 Å². The summed E-state index contributed by atoms with van der Waals surface area (Å²) >= 11 is 0. The van der Waals surface area contributed by atoms with Gasteiger partial charge in [-0.15, -0.1) is 0 Å². The fraction of sp³-hybridized carbons (Fsp3) is 0. The molecule has 2 nitrogen and oxygen atoms in total. The molecule has 0 unspecified atom stereocenters. The summed E-state index contributed by atoms with van der Waals surface area (Å²) in [7, 11) is 0. The summed E-state index contributed by atoms with van der Waals surface area (Å²) in [6.45, 7) is 0. The van der Waals surface area contributed by atoms with Gasteiger partial charge in [0.2, 0.25) is 0 Å². The second kappa shape index (κ2) is 17.4. The second-order valence-electron chi connectivity index (χ2n) is 18.1. The van der Waals surface area contributed by atoms with E-state index in [0.717, 1.165) is 28.3 Å². The van der Waals surface area contributed by atoms with E-state index in [1.54, 1.807) is 0 Å². The van der Waals surface area contributed by atoms with Crippen LogP contribution in [0.2, 0.25) is 0 Å². The van der Waals surface area contributed by atoms with Crippen LogP contribution in [-0.2, 0) is 0 Å². The maximum Gasteiger partial charge on any atom is 0.0553 e. The van der Waals surface area contributed by atoms with E-state index >= 15 is 0 Å². The van der Waals surface area contributed by atoms with Gasteiger partial charge in [0.25, 0.3) is 0 Å². The minimum Gasteiger partial charge on any atom is -0.310 e. The normalized spacial score (nSPS) is 11.4. The first-order valence-corrected chi connectivity index (χ1v) is 24.1. The monoisotopic (exact) mass is 890 g/mol. The molecule has 2 heteroatoms. The quantitative estimate of drug-likeness (QED) is 0.140. The van der Waals surface area contributed by atoms with Gasteiger partial charge in [-0.3, -0.25) is 0 Å². The summed E-state index contributed by atoms with van der Waals surface area (Å²) in [4.78, 5) is 2.40. The number of para-hydroxylation sites is 2. The van der Waals surface area contributed by atoms with E-state index in [9.17, 15) is 0 Å². The molecule has 0 aliphatic carbocycles. The molecule has 70 heavy (non-hydrogen) atoms. The zero-order chi connectivity index (χ0) is 46.4. The van der Waals surface area contributed by atoms with Crippen LogP contribution in [0, 0.1) is 0 Å². The average molecular weight is 891 g/mol. The van der Waals surface area contributed by atoms with E-state index < -0.39 is 0 Å². The van der Waals surface area contributed by atoms with E-state index in [1.165, 1.54) is 93.4 Å². The molecule has 0 atom stereocenters. The maximum absolute atomic E-state index is 2.42. The molecule has 0 radical (unpaired) electrons. The van der Waals surface area contributed by atoms with E-state index in [2.05, 4.69) is 289 Å². The Balaban J connectivity index is 0.948. The summed E-state index contributed by atoms with van der Waals surface area (Å²) in [6, 6.07) is 102. The van der Waals surface area contributed by atoms with Crippen molar-refractivity contribution in [3.8, 4) is 61.3 Å². The number of hydrogen-bond acceptors (Lipinski definition) is 1. The van der Waals surface area contributed by atoms with Crippen LogP contribution >= 0.6 is 0 Å². The topological polar surface area (TPSA) is 8.17 Å². The van der Waals surface area contributed by atoms with Gasteiger partial charge in [-0.1, -0.05) is 218 Å². The van der Waals surface area contributed by atoms with Crippen molar-refractivity contribution in [3.63, 3.8) is 0 Å². The smallest absolute Gasteiger partial charge is 0.0553 e. The number of rotatable bonds is 9. The Labute approximate surface area is 408 Å². The van der Waals surface area contributed by atoms with Crippen molar-refractivity contribution >= 4 is 60.4 Å². The van der Waals surface area contributed by atoms with Gasteiger partial charge in [-0.05, 0) is 138 Å². The largest absolute Gasteiger partial charge is 0.310 e. The van der Waals surface area contributed by atoms with Crippen molar-refractivity contribution in [2.24, 2.45) is 0 Å². The van der Waals surface area contributed by atoms with Gasteiger partial charge in [0.05, 0.1) is 11.0 Å². The fourth-order valence-corrected chi connectivity index (χ4v) is 10.7. The van der Waals surface area contributed by atoms with Crippen molar-refractivity contribution in [3.05, 3.63) is 279 Å². The molecule has 0 aliphatic rings. The Morgan fingerprint density at radius 3 is 1.44 bits per heavy atom. The van der Waals surface area contributed by atoms with Crippen LogP contribution in [0.3, 0.4) is 0 Å². The molecule has 0 aliphatic heterocycles. The van der Waals surface area contributed by atoms with Crippen molar-refractivity contribution in [2.75, 3.05) is 4.90 Å². The summed E-state index contributed by atoms with van der Waals surface area (Å²) in [5.74, 6) is 0. The second-order valence-corrected chi connectivity index (χ2v) is 18.1. The van der Waals surface area contributed by atoms with Crippen LogP contribution in [0.15, 0.2) is 279 Å². The number of hydrogen-bond donors (Lipinski definition) is 0. The lowest BCUT2D eigenvalue weighted by atomic mass is 9.92. The predicted molar refractivity (Wildman–Crippen MR) is 298 cm³/mol. The molecule has 13 rings (SSSR count). The van der Waals surface area contributed by atoms with Crippen LogP contribution < -0.4 is 4.90 Å². The highest BCUT2D eigenvalue weighted by Crippen LogP contribution is 2.46. The molecule has 13 aromatic rings. The molecule has 0 fully saturated rings. The van der Waals surface area contributed by atoms with Gasteiger partial charge in [-0.2, -0.15) is 0 Å². The Bertz CT molecular complexity index is 4010. The first-order valence-electron chi connectivity index (χ1n) is 24.1. The average Bonchev–Trinajstić information content (AvgIpc) is 3.77. The zero-order valence-electron chi connectivity index (χ0n) is 38.5. The van der Waals surface area contributed by atoms with Crippen molar-refractivity contribution in [2.45, 2.75) is 0 Å². The van der Waals surface area contributed by atoms with E-state index in [1.807, 2.05) is 0 Å². The summed E-state index contributed by atoms with van der Waals surface area (Å²) in [5, 5.41) is 7.44. The lowest BCUT2D eigenvalue weighted by molar-refractivity contribution is 1.18. The Hall–Kier alpha value is -9.24. The highest BCUT2D eigenvalue weighted by atomic mass is 15.1. The molecular weight excluding hydrogens is 845 g/mol.